The summed E-state index contributed by atoms with van der Waals surface area (Å²) < 4.78 is 0. The maximum Gasteiger partial charge on any atom is 0.238 e. The number of hydrogen-bond donors (Lipinski definition) is 2. The standard InChI is InChI=1S/C13H28N4O/c1-5-15-13(4,12(14)18)10-16-7-8-17(6-2)11(3)9-16/h11,15H,5-10H2,1-4H3,(H2,14,18). The molecular weight excluding hydrogens is 228 g/mol. The first kappa shape index (κ1) is 15.4. The molecule has 1 amide bonds. The predicted octanol–water partition coefficient (Wildman–Crippen LogP) is -0.134. The zero-order chi connectivity index (χ0) is 13.8. The molecule has 106 valence electrons. The van der Waals surface area contributed by atoms with Gasteiger partial charge in [0.2, 0.25) is 5.91 Å². The summed E-state index contributed by atoms with van der Waals surface area (Å²) in [6.45, 7) is 13.9. The lowest BCUT2D eigenvalue weighted by atomic mass is 9.99. The van der Waals surface area contributed by atoms with E-state index in [4.69, 9.17) is 5.73 Å². The predicted molar refractivity (Wildman–Crippen MR) is 74.4 cm³/mol. The fraction of sp³-hybridized carbons (Fsp3) is 0.923. The van der Waals surface area contributed by atoms with E-state index in [-0.39, 0.29) is 5.91 Å². The third-order valence-corrected chi connectivity index (χ3v) is 3.91. The number of carbonyl (C=O) groups excluding carboxylic acids is 1. The fourth-order valence-corrected chi connectivity index (χ4v) is 2.74. The van der Waals surface area contributed by atoms with Gasteiger partial charge in [0.15, 0.2) is 0 Å². The summed E-state index contributed by atoms with van der Waals surface area (Å²) in [4.78, 5) is 16.4. The molecule has 2 unspecified atom stereocenters. The largest absolute Gasteiger partial charge is 0.368 e. The van der Waals surface area contributed by atoms with Gasteiger partial charge in [-0.2, -0.15) is 0 Å². The zero-order valence-corrected chi connectivity index (χ0v) is 12.2. The van der Waals surface area contributed by atoms with Gasteiger partial charge in [-0.3, -0.25) is 14.6 Å². The van der Waals surface area contributed by atoms with Gasteiger partial charge in [0, 0.05) is 32.2 Å². The number of primary amides is 1. The van der Waals surface area contributed by atoms with Crippen LogP contribution in [0.5, 0.6) is 0 Å². The van der Waals surface area contributed by atoms with Crippen LogP contribution in [0.2, 0.25) is 0 Å². The number of likely N-dealkylation sites (N-methyl/N-ethyl adjacent to an activating group) is 2. The summed E-state index contributed by atoms with van der Waals surface area (Å²) in [5.74, 6) is -0.269. The quantitative estimate of drug-likeness (QED) is 0.695. The van der Waals surface area contributed by atoms with Crippen LogP contribution in [-0.2, 0) is 4.79 Å². The first-order chi connectivity index (χ1) is 8.42. The average Bonchev–Trinajstić information content (AvgIpc) is 2.29. The number of rotatable bonds is 6. The molecule has 1 aliphatic rings. The van der Waals surface area contributed by atoms with Crippen molar-refractivity contribution < 1.29 is 4.79 Å². The van der Waals surface area contributed by atoms with E-state index in [0.29, 0.717) is 12.6 Å². The van der Waals surface area contributed by atoms with E-state index in [1.807, 2.05) is 13.8 Å². The number of nitrogens with two attached hydrogens (primary N) is 1. The Labute approximate surface area is 111 Å². The monoisotopic (exact) mass is 256 g/mol. The molecule has 0 radical (unpaired) electrons. The van der Waals surface area contributed by atoms with Gasteiger partial charge in [0.05, 0.1) is 0 Å². The molecule has 1 saturated heterocycles. The second kappa shape index (κ2) is 6.50. The van der Waals surface area contributed by atoms with Crippen LogP contribution in [0.3, 0.4) is 0 Å². The van der Waals surface area contributed by atoms with Crippen molar-refractivity contribution in [1.29, 1.82) is 0 Å². The second-order valence-corrected chi connectivity index (χ2v) is 5.44. The van der Waals surface area contributed by atoms with Crippen molar-refractivity contribution in [2.24, 2.45) is 5.73 Å². The van der Waals surface area contributed by atoms with Crippen LogP contribution in [0.4, 0.5) is 0 Å². The molecule has 1 rings (SSSR count). The van der Waals surface area contributed by atoms with Crippen LogP contribution < -0.4 is 11.1 Å². The fourth-order valence-electron chi connectivity index (χ4n) is 2.74. The van der Waals surface area contributed by atoms with E-state index in [1.165, 1.54) is 0 Å². The number of carbonyl (C=O) groups is 1. The highest BCUT2D eigenvalue weighted by molar-refractivity contribution is 5.84. The van der Waals surface area contributed by atoms with Crippen molar-refractivity contribution >= 4 is 5.91 Å². The summed E-state index contributed by atoms with van der Waals surface area (Å²) in [6.07, 6.45) is 0. The minimum atomic E-state index is -0.622. The molecule has 1 heterocycles. The third kappa shape index (κ3) is 3.67. The highest BCUT2D eigenvalue weighted by Gasteiger charge is 2.34. The van der Waals surface area contributed by atoms with Crippen LogP contribution in [0, 0.1) is 0 Å². The topological polar surface area (TPSA) is 61.6 Å². The summed E-state index contributed by atoms with van der Waals surface area (Å²) >= 11 is 0. The second-order valence-electron chi connectivity index (χ2n) is 5.44. The lowest BCUT2D eigenvalue weighted by Gasteiger charge is -2.42. The zero-order valence-electron chi connectivity index (χ0n) is 12.2. The summed E-state index contributed by atoms with van der Waals surface area (Å²) in [6, 6.07) is 0.544. The molecule has 2 atom stereocenters. The Bertz CT molecular complexity index is 284. The lowest BCUT2D eigenvalue weighted by Crippen LogP contribution is -2.62. The molecule has 0 aliphatic carbocycles. The Morgan fingerprint density at radius 1 is 1.44 bits per heavy atom. The molecule has 0 aromatic carbocycles. The molecule has 1 aliphatic heterocycles. The summed E-state index contributed by atoms with van der Waals surface area (Å²) in [5.41, 5.74) is 4.90. The third-order valence-electron chi connectivity index (χ3n) is 3.91. The van der Waals surface area contributed by atoms with Gasteiger partial charge in [-0.15, -0.1) is 0 Å². The highest BCUT2D eigenvalue weighted by atomic mass is 16.1. The van der Waals surface area contributed by atoms with E-state index < -0.39 is 5.54 Å². The van der Waals surface area contributed by atoms with Gasteiger partial charge in [0.25, 0.3) is 0 Å². The molecule has 0 saturated carbocycles. The summed E-state index contributed by atoms with van der Waals surface area (Å²) in [5, 5.41) is 3.22. The minimum absolute atomic E-state index is 0.269. The number of amides is 1. The van der Waals surface area contributed by atoms with E-state index in [2.05, 4.69) is 29.0 Å². The van der Waals surface area contributed by atoms with Crippen LogP contribution in [0.1, 0.15) is 27.7 Å². The van der Waals surface area contributed by atoms with Crippen molar-refractivity contribution in [3.8, 4) is 0 Å². The van der Waals surface area contributed by atoms with Crippen LogP contribution in [0.15, 0.2) is 0 Å². The highest BCUT2D eigenvalue weighted by Crippen LogP contribution is 2.13. The Balaban J connectivity index is 2.59. The molecular formula is C13H28N4O. The Morgan fingerprint density at radius 3 is 2.56 bits per heavy atom. The Hall–Kier alpha value is -0.650. The number of nitrogens with one attached hydrogen (secondary N) is 1. The smallest absolute Gasteiger partial charge is 0.238 e. The van der Waals surface area contributed by atoms with Crippen LogP contribution in [0.25, 0.3) is 0 Å². The van der Waals surface area contributed by atoms with Crippen LogP contribution >= 0.6 is 0 Å². The number of nitrogens with zero attached hydrogens (tertiary/aromatic N) is 2. The first-order valence-electron chi connectivity index (χ1n) is 6.94. The maximum absolute atomic E-state index is 11.6. The van der Waals surface area contributed by atoms with Gasteiger partial charge < -0.3 is 11.1 Å². The van der Waals surface area contributed by atoms with Crippen LogP contribution in [-0.4, -0.2) is 66.6 Å². The Kier molecular flexibility index (Phi) is 5.56. The molecule has 0 aromatic heterocycles. The molecule has 0 spiro atoms. The minimum Gasteiger partial charge on any atom is -0.368 e. The first-order valence-corrected chi connectivity index (χ1v) is 6.94. The van der Waals surface area contributed by atoms with Gasteiger partial charge in [-0.1, -0.05) is 13.8 Å². The number of hydrogen-bond acceptors (Lipinski definition) is 4. The molecule has 1 fully saturated rings. The molecule has 0 bridgehead atoms. The summed E-state index contributed by atoms with van der Waals surface area (Å²) in [7, 11) is 0. The number of piperazine rings is 1. The normalized spacial score (nSPS) is 25.9. The maximum atomic E-state index is 11.6. The molecule has 3 N–H and O–H groups in total. The van der Waals surface area contributed by atoms with Crippen molar-refractivity contribution in [3.63, 3.8) is 0 Å². The van der Waals surface area contributed by atoms with E-state index in [9.17, 15) is 4.79 Å². The van der Waals surface area contributed by atoms with Gasteiger partial charge in [0.1, 0.15) is 5.54 Å². The SMILES string of the molecule is CCNC(C)(CN1CCN(CC)C(C)C1)C(N)=O. The van der Waals surface area contributed by atoms with Crippen molar-refractivity contribution in [3.05, 3.63) is 0 Å². The van der Waals surface area contributed by atoms with Crippen molar-refractivity contribution in [2.45, 2.75) is 39.3 Å². The van der Waals surface area contributed by atoms with Crippen molar-refractivity contribution in [1.82, 2.24) is 15.1 Å². The van der Waals surface area contributed by atoms with Gasteiger partial charge in [-0.25, -0.2) is 0 Å². The average molecular weight is 256 g/mol. The molecule has 5 nitrogen and oxygen atoms in total. The van der Waals surface area contributed by atoms with Gasteiger partial charge in [-0.05, 0) is 26.9 Å². The molecule has 0 aromatic rings. The van der Waals surface area contributed by atoms with Crippen molar-refractivity contribution in [2.75, 3.05) is 39.3 Å². The Morgan fingerprint density at radius 2 is 2.11 bits per heavy atom. The lowest BCUT2D eigenvalue weighted by molar-refractivity contribution is -0.124. The van der Waals surface area contributed by atoms with E-state index in [1.54, 1.807) is 0 Å². The van der Waals surface area contributed by atoms with E-state index >= 15 is 0 Å². The van der Waals surface area contributed by atoms with E-state index in [0.717, 1.165) is 32.7 Å². The molecule has 5 heteroatoms. The molecule has 18 heavy (non-hydrogen) atoms. The van der Waals surface area contributed by atoms with Gasteiger partial charge >= 0.3 is 0 Å².